The molecule has 0 aliphatic heterocycles. The van der Waals surface area contributed by atoms with E-state index >= 15 is 0 Å². The minimum Gasteiger partial charge on any atom is -0.411 e. The monoisotopic (exact) mass is 243 g/mol. The number of ether oxygens (including phenoxy) is 1. The minimum atomic E-state index is -0.784. The zero-order valence-corrected chi connectivity index (χ0v) is 8.58. The highest BCUT2D eigenvalue weighted by Gasteiger charge is 1.97. The lowest BCUT2D eigenvalue weighted by Crippen LogP contribution is -2.16. The maximum Gasteiger partial charge on any atom is 0.409 e. The van der Waals surface area contributed by atoms with Crippen molar-refractivity contribution in [2.75, 3.05) is 5.33 Å². The smallest absolute Gasteiger partial charge is 0.409 e. The molecule has 1 aromatic rings. The average molecular weight is 244 g/mol. The molecule has 1 rings (SSSR count). The molecule has 0 aliphatic carbocycles. The van der Waals surface area contributed by atoms with Gasteiger partial charge in [-0.2, -0.15) is 0 Å². The van der Waals surface area contributed by atoms with Gasteiger partial charge in [-0.15, -0.1) is 0 Å². The Balaban J connectivity index is 2.64. The fourth-order valence-corrected chi connectivity index (χ4v) is 1.41. The van der Waals surface area contributed by atoms with Gasteiger partial charge in [0.05, 0.1) is 0 Å². The van der Waals surface area contributed by atoms with Gasteiger partial charge in [-0.25, -0.2) is 4.79 Å². The van der Waals surface area contributed by atoms with Crippen LogP contribution in [0.4, 0.5) is 4.79 Å². The molecule has 0 aromatic heterocycles. The molecule has 0 unspecified atom stereocenters. The number of carbonyl (C=O) groups is 1. The maximum atomic E-state index is 10.4. The third-order valence-corrected chi connectivity index (χ3v) is 1.92. The first-order valence-electron chi connectivity index (χ1n) is 3.84. The number of rotatable bonds is 3. The molecule has 0 bridgehead atoms. The summed E-state index contributed by atoms with van der Waals surface area (Å²) in [6.45, 7) is 0. The maximum absolute atomic E-state index is 10.4. The number of benzene rings is 1. The molecule has 4 heteroatoms. The van der Waals surface area contributed by atoms with Crippen LogP contribution in [-0.2, 0) is 6.42 Å². The number of aryl methyl sites for hydroxylation is 1. The lowest BCUT2D eigenvalue weighted by molar-refractivity contribution is 0.211. The van der Waals surface area contributed by atoms with Crippen LogP contribution in [-0.4, -0.2) is 11.4 Å². The molecule has 0 heterocycles. The van der Waals surface area contributed by atoms with Crippen molar-refractivity contribution < 1.29 is 9.53 Å². The van der Waals surface area contributed by atoms with Crippen molar-refractivity contribution in [2.45, 2.75) is 6.42 Å². The van der Waals surface area contributed by atoms with Gasteiger partial charge in [0.1, 0.15) is 5.75 Å². The van der Waals surface area contributed by atoms with Gasteiger partial charge in [0.2, 0.25) is 0 Å². The molecule has 3 nitrogen and oxygen atoms in total. The van der Waals surface area contributed by atoms with E-state index in [1.165, 1.54) is 5.56 Å². The molecule has 0 radical (unpaired) electrons. The molecule has 0 spiro atoms. The largest absolute Gasteiger partial charge is 0.411 e. The topological polar surface area (TPSA) is 52.3 Å². The summed E-state index contributed by atoms with van der Waals surface area (Å²) in [5.74, 6) is 0.478. The van der Waals surface area contributed by atoms with Crippen LogP contribution in [0, 0.1) is 0 Å². The highest BCUT2D eigenvalue weighted by molar-refractivity contribution is 9.09. The number of hydrogen-bond acceptors (Lipinski definition) is 2. The molecule has 2 N–H and O–H groups in total. The van der Waals surface area contributed by atoms with E-state index in [4.69, 9.17) is 5.73 Å². The molecule has 1 aromatic carbocycles. The van der Waals surface area contributed by atoms with E-state index in [9.17, 15) is 4.79 Å². The standard InChI is InChI=1S/C9H10BrNO2/c10-6-5-7-1-3-8(4-2-7)13-9(11)12/h1-4H,5-6H2,(H2,11,12). The number of halogens is 1. The fourth-order valence-electron chi connectivity index (χ4n) is 0.949. The van der Waals surface area contributed by atoms with Crippen LogP contribution in [0.2, 0.25) is 0 Å². The van der Waals surface area contributed by atoms with E-state index in [2.05, 4.69) is 20.7 Å². The second kappa shape index (κ2) is 4.87. The molecule has 0 saturated heterocycles. The molecule has 13 heavy (non-hydrogen) atoms. The summed E-state index contributed by atoms with van der Waals surface area (Å²) in [5.41, 5.74) is 6.04. The lowest BCUT2D eigenvalue weighted by atomic mass is 10.2. The van der Waals surface area contributed by atoms with Crippen molar-refractivity contribution in [2.24, 2.45) is 5.73 Å². The van der Waals surface area contributed by atoms with Crippen LogP contribution in [0.25, 0.3) is 0 Å². The number of alkyl halides is 1. The second-order valence-electron chi connectivity index (χ2n) is 2.50. The summed E-state index contributed by atoms with van der Waals surface area (Å²) in [5, 5.41) is 0.920. The molecule has 0 atom stereocenters. The van der Waals surface area contributed by atoms with Crippen molar-refractivity contribution in [1.29, 1.82) is 0 Å². The number of primary amides is 1. The third kappa shape index (κ3) is 3.46. The Kier molecular flexibility index (Phi) is 3.76. The highest BCUT2D eigenvalue weighted by Crippen LogP contribution is 2.12. The molecule has 1 amide bonds. The summed E-state index contributed by atoms with van der Waals surface area (Å²) in [6.07, 6.45) is 0.171. The second-order valence-corrected chi connectivity index (χ2v) is 3.30. The van der Waals surface area contributed by atoms with E-state index in [0.717, 1.165) is 11.8 Å². The number of carbonyl (C=O) groups excluding carboxylic acids is 1. The number of hydrogen-bond donors (Lipinski definition) is 1. The Morgan fingerprint density at radius 1 is 1.38 bits per heavy atom. The van der Waals surface area contributed by atoms with Gasteiger partial charge in [0.15, 0.2) is 0 Å². The summed E-state index contributed by atoms with van der Waals surface area (Å²) in [7, 11) is 0. The zero-order chi connectivity index (χ0) is 9.68. The van der Waals surface area contributed by atoms with Crippen LogP contribution in [0.1, 0.15) is 5.56 Å². The first-order valence-corrected chi connectivity index (χ1v) is 4.96. The molecular weight excluding hydrogens is 234 g/mol. The minimum absolute atomic E-state index is 0.478. The van der Waals surface area contributed by atoms with E-state index in [-0.39, 0.29) is 0 Å². The van der Waals surface area contributed by atoms with E-state index in [1.807, 2.05) is 12.1 Å². The van der Waals surface area contributed by atoms with Gasteiger partial charge in [-0.3, -0.25) is 0 Å². The van der Waals surface area contributed by atoms with E-state index in [0.29, 0.717) is 5.75 Å². The predicted molar refractivity (Wildman–Crippen MR) is 54.2 cm³/mol. The summed E-state index contributed by atoms with van der Waals surface area (Å²) >= 11 is 3.34. The Morgan fingerprint density at radius 2 is 2.00 bits per heavy atom. The van der Waals surface area contributed by atoms with Crippen LogP contribution in [0.5, 0.6) is 5.75 Å². The fraction of sp³-hybridized carbons (Fsp3) is 0.222. The van der Waals surface area contributed by atoms with Crippen LogP contribution < -0.4 is 10.5 Å². The third-order valence-electron chi connectivity index (χ3n) is 1.52. The van der Waals surface area contributed by atoms with Gasteiger partial charge in [0, 0.05) is 5.33 Å². The first-order chi connectivity index (χ1) is 6.22. The molecule has 0 aliphatic rings. The molecule has 0 fully saturated rings. The van der Waals surface area contributed by atoms with Crippen molar-refractivity contribution >= 4 is 22.0 Å². The molecule has 70 valence electrons. The predicted octanol–water partition coefficient (Wildman–Crippen LogP) is 2.08. The Morgan fingerprint density at radius 3 is 2.46 bits per heavy atom. The van der Waals surface area contributed by atoms with Gasteiger partial charge in [-0.05, 0) is 24.1 Å². The number of amides is 1. The summed E-state index contributed by atoms with van der Waals surface area (Å²) < 4.78 is 4.67. The molecular formula is C9H10BrNO2. The number of nitrogens with two attached hydrogens (primary N) is 1. The SMILES string of the molecule is NC(=O)Oc1ccc(CCBr)cc1. The van der Waals surface area contributed by atoms with Crippen molar-refractivity contribution in [3.63, 3.8) is 0 Å². The van der Waals surface area contributed by atoms with Crippen molar-refractivity contribution in [1.82, 2.24) is 0 Å². The Labute approximate surface area is 85.0 Å². The lowest BCUT2D eigenvalue weighted by Gasteiger charge is -2.01. The van der Waals surface area contributed by atoms with Gasteiger partial charge in [0.25, 0.3) is 0 Å². The Hall–Kier alpha value is -1.03. The van der Waals surface area contributed by atoms with Gasteiger partial charge in [-0.1, -0.05) is 28.1 Å². The van der Waals surface area contributed by atoms with Crippen molar-refractivity contribution in [3.05, 3.63) is 29.8 Å². The molecule has 0 saturated carbocycles. The summed E-state index contributed by atoms with van der Waals surface area (Å²) in [6, 6.07) is 7.25. The van der Waals surface area contributed by atoms with Crippen LogP contribution in [0.3, 0.4) is 0 Å². The normalized spacial score (nSPS) is 9.62. The van der Waals surface area contributed by atoms with Gasteiger partial charge >= 0.3 is 6.09 Å². The highest BCUT2D eigenvalue weighted by atomic mass is 79.9. The van der Waals surface area contributed by atoms with E-state index in [1.54, 1.807) is 12.1 Å². The van der Waals surface area contributed by atoms with Crippen LogP contribution >= 0.6 is 15.9 Å². The van der Waals surface area contributed by atoms with Crippen LogP contribution in [0.15, 0.2) is 24.3 Å². The first kappa shape index (κ1) is 10.1. The van der Waals surface area contributed by atoms with E-state index < -0.39 is 6.09 Å². The van der Waals surface area contributed by atoms with Crippen molar-refractivity contribution in [3.8, 4) is 5.75 Å². The quantitative estimate of drug-likeness (QED) is 0.827. The Bertz CT molecular complexity index is 284. The average Bonchev–Trinajstić information content (AvgIpc) is 2.08. The summed E-state index contributed by atoms with van der Waals surface area (Å²) in [4.78, 5) is 10.4. The van der Waals surface area contributed by atoms with Gasteiger partial charge < -0.3 is 10.5 Å². The zero-order valence-electron chi connectivity index (χ0n) is 7.00.